The molecule has 5 nitrogen and oxygen atoms in total. The van der Waals surface area contributed by atoms with Crippen molar-refractivity contribution < 1.29 is 14.6 Å². The number of nitrogens with zero attached hydrogens (tertiary/aromatic N) is 2. The monoisotopic (exact) mass is 430 g/mol. The molecule has 1 aromatic heterocycles. The molecule has 0 spiro atoms. The molecule has 164 valence electrons. The molecule has 0 saturated carbocycles. The van der Waals surface area contributed by atoms with Gasteiger partial charge < -0.3 is 14.7 Å². The second-order valence-electron chi connectivity index (χ2n) is 8.09. The molecule has 0 amide bonds. The lowest BCUT2D eigenvalue weighted by Gasteiger charge is -2.36. The van der Waals surface area contributed by atoms with Crippen LogP contribution in [0.5, 0.6) is 5.75 Å². The Kier molecular flexibility index (Phi) is 8.82. The Morgan fingerprint density at radius 2 is 2.20 bits per heavy atom. The van der Waals surface area contributed by atoms with Crippen LogP contribution in [0.3, 0.4) is 0 Å². The van der Waals surface area contributed by atoms with Crippen LogP contribution in [-0.4, -0.2) is 59.2 Å². The Morgan fingerprint density at radius 3 is 2.97 bits per heavy atom. The van der Waals surface area contributed by atoms with Crippen molar-refractivity contribution in [1.29, 1.82) is 0 Å². The van der Waals surface area contributed by atoms with Gasteiger partial charge >= 0.3 is 5.97 Å². The standard InChI is InChI=1S/C24H34N2O3S/c1-3-30-15-5-13-26-14-11-19(22(17-26)24(27)28)7-4-6-18-10-12-25-23-9-8-20(29-2)16-21(18)23/h8-10,12,16,19,22H,3-7,11,13-15,17H2,1-2H3,(H,27,28)/t19-,22+/m1/s1. The van der Waals surface area contributed by atoms with Crippen molar-refractivity contribution in [1.82, 2.24) is 9.88 Å². The highest BCUT2D eigenvalue weighted by molar-refractivity contribution is 7.99. The van der Waals surface area contributed by atoms with Crippen LogP contribution in [0.1, 0.15) is 38.2 Å². The number of methoxy groups -OCH3 is 1. The molecule has 1 N–H and O–H groups in total. The number of hydrogen-bond donors (Lipinski definition) is 1. The van der Waals surface area contributed by atoms with Crippen LogP contribution in [0.2, 0.25) is 0 Å². The number of fused-ring (bicyclic) bond motifs is 1. The molecule has 0 unspecified atom stereocenters. The number of hydrogen-bond acceptors (Lipinski definition) is 5. The van der Waals surface area contributed by atoms with E-state index in [-0.39, 0.29) is 11.8 Å². The van der Waals surface area contributed by atoms with Gasteiger partial charge in [0.1, 0.15) is 5.75 Å². The number of carboxylic acid groups (broad SMARTS) is 1. The molecule has 2 aromatic rings. The number of rotatable bonds is 11. The maximum absolute atomic E-state index is 11.9. The van der Waals surface area contributed by atoms with Gasteiger partial charge in [-0.3, -0.25) is 9.78 Å². The van der Waals surface area contributed by atoms with Gasteiger partial charge in [0, 0.05) is 18.1 Å². The Balaban J connectivity index is 1.55. The van der Waals surface area contributed by atoms with Gasteiger partial charge in [0.2, 0.25) is 0 Å². The van der Waals surface area contributed by atoms with Crippen LogP contribution in [0.15, 0.2) is 30.5 Å². The average molecular weight is 431 g/mol. The highest BCUT2D eigenvalue weighted by atomic mass is 32.2. The average Bonchev–Trinajstić information content (AvgIpc) is 2.77. The van der Waals surface area contributed by atoms with Gasteiger partial charge in [-0.2, -0.15) is 11.8 Å². The molecule has 0 radical (unpaired) electrons. The van der Waals surface area contributed by atoms with Crippen molar-refractivity contribution in [2.45, 2.75) is 39.0 Å². The number of aromatic nitrogens is 1. The third kappa shape index (κ3) is 6.11. The molecule has 1 aromatic carbocycles. The molecule has 3 rings (SSSR count). The first-order chi connectivity index (χ1) is 14.6. The number of ether oxygens (including phenoxy) is 1. The number of piperidine rings is 1. The summed E-state index contributed by atoms with van der Waals surface area (Å²) in [5.74, 6) is 2.55. The van der Waals surface area contributed by atoms with Crippen LogP contribution in [0.25, 0.3) is 10.9 Å². The summed E-state index contributed by atoms with van der Waals surface area (Å²) in [5, 5.41) is 10.9. The molecule has 30 heavy (non-hydrogen) atoms. The van der Waals surface area contributed by atoms with E-state index in [0.29, 0.717) is 6.54 Å². The van der Waals surface area contributed by atoms with Crippen molar-refractivity contribution >= 4 is 28.6 Å². The van der Waals surface area contributed by atoms with E-state index in [9.17, 15) is 9.90 Å². The summed E-state index contributed by atoms with van der Waals surface area (Å²) in [7, 11) is 1.68. The number of carbonyl (C=O) groups is 1. The molecule has 0 bridgehead atoms. The fraction of sp³-hybridized carbons (Fsp3) is 0.583. The second-order valence-corrected chi connectivity index (χ2v) is 9.48. The van der Waals surface area contributed by atoms with E-state index in [0.717, 1.165) is 67.6 Å². The smallest absolute Gasteiger partial charge is 0.308 e. The largest absolute Gasteiger partial charge is 0.497 e. The van der Waals surface area contributed by atoms with Crippen LogP contribution < -0.4 is 4.74 Å². The zero-order chi connectivity index (χ0) is 21.3. The molecular formula is C24H34N2O3S. The Morgan fingerprint density at radius 1 is 1.33 bits per heavy atom. The summed E-state index contributed by atoms with van der Waals surface area (Å²) in [6, 6.07) is 8.05. The highest BCUT2D eigenvalue weighted by Gasteiger charge is 2.33. The summed E-state index contributed by atoms with van der Waals surface area (Å²) in [4.78, 5) is 18.7. The van der Waals surface area contributed by atoms with Gasteiger partial charge in [0.25, 0.3) is 0 Å². The van der Waals surface area contributed by atoms with Crippen molar-refractivity contribution in [2.24, 2.45) is 11.8 Å². The lowest BCUT2D eigenvalue weighted by atomic mass is 9.81. The normalized spacial score (nSPS) is 19.8. The van der Waals surface area contributed by atoms with E-state index >= 15 is 0 Å². The van der Waals surface area contributed by atoms with Gasteiger partial charge in [-0.05, 0) is 92.4 Å². The first kappa shape index (κ1) is 22.9. The maximum atomic E-state index is 11.9. The lowest BCUT2D eigenvalue weighted by Crippen LogP contribution is -2.44. The summed E-state index contributed by atoms with van der Waals surface area (Å²) in [6.45, 7) is 4.93. The molecular weight excluding hydrogens is 396 g/mol. The number of pyridine rings is 1. The summed E-state index contributed by atoms with van der Waals surface area (Å²) in [5.41, 5.74) is 2.24. The van der Waals surface area contributed by atoms with E-state index in [4.69, 9.17) is 4.74 Å². The predicted molar refractivity (Wildman–Crippen MR) is 125 cm³/mol. The molecule has 6 heteroatoms. The zero-order valence-electron chi connectivity index (χ0n) is 18.2. The SMILES string of the molecule is CCSCCCN1CC[C@@H](CCCc2ccnc3ccc(OC)cc23)[C@@H](C(=O)O)C1. The highest BCUT2D eigenvalue weighted by Crippen LogP contribution is 2.30. The molecule has 1 aliphatic heterocycles. The quantitative estimate of drug-likeness (QED) is 0.520. The van der Waals surface area contributed by atoms with E-state index in [1.54, 1.807) is 7.11 Å². The number of likely N-dealkylation sites (tertiary alicyclic amines) is 1. The third-order valence-electron chi connectivity index (χ3n) is 6.18. The zero-order valence-corrected chi connectivity index (χ0v) is 19.0. The fourth-order valence-corrected chi connectivity index (χ4v) is 5.13. The van der Waals surface area contributed by atoms with Gasteiger partial charge in [-0.1, -0.05) is 6.92 Å². The fourth-order valence-electron chi connectivity index (χ4n) is 4.51. The minimum atomic E-state index is -0.633. The molecule has 2 heterocycles. The van der Waals surface area contributed by atoms with Crippen molar-refractivity contribution in [2.75, 3.05) is 38.2 Å². The van der Waals surface area contributed by atoms with Crippen LogP contribution >= 0.6 is 11.8 Å². The van der Waals surface area contributed by atoms with Gasteiger partial charge in [-0.25, -0.2) is 0 Å². The minimum Gasteiger partial charge on any atom is -0.497 e. The van der Waals surface area contributed by atoms with Crippen molar-refractivity contribution in [3.63, 3.8) is 0 Å². The molecule has 2 atom stereocenters. The summed E-state index contributed by atoms with van der Waals surface area (Å²) in [6.07, 6.45) is 6.89. The van der Waals surface area contributed by atoms with Crippen LogP contribution in [-0.2, 0) is 11.2 Å². The van der Waals surface area contributed by atoms with E-state index in [1.165, 1.54) is 11.3 Å². The number of aryl methyl sites for hydroxylation is 1. The van der Waals surface area contributed by atoms with Gasteiger partial charge in [0.05, 0.1) is 18.5 Å². The van der Waals surface area contributed by atoms with Crippen LogP contribution in [0, 0.1) is 11.8 Å². The number of carboxylic acids is 1. The van der Waals surface area contributed by atoms with E-state index in [1.807, 2.05) is 36.2 Å². The molecule has 1 saturated heterocycles. The minimum absolute atomic E-state index is 0.244. The predicted octanol–water partition coefficient (Wildman–Crippen LogP) is 4.73. The topological polar surface area (TPSA) is 62.7 Å². The van der Waals surface area contributed by atoms with Gasteiger partial charge in [-0.15, -0.1) is 0 Å². The van der Waals surface area contributed by atoms with E-state index < -0.39 is 5.97 Å². The number of thioether (sulfide) groups is 1. The van der Waals surface area contributed by atoms with Crippen molar-refractivity contribution in [3.8, 4) is 5.75 Å². The molecule has 1 fully saturated rings. The number of benzene rings is 1. The molecule has 0 aliphatic carbocycles. The van der Waals surface area contributed by atoms with Gasteiger partial charge in [0.15, 0.2) is 0 Å². The Hall–Kier alpha value is -1.79. The summed E-state index contributed by atoms with van der Waals surface area (Å²) >= 11 is 1.96. The first-order valence-electron chi connectivity index (χ1n) is 11.1. The van der Waals surface area contributed by atoms with Crippen LogP contribution in [0.4, 0.5) is 0 Å². The Bertz CT molecular complexity index is 829. The van der Waals surface area contributed by atoms with E-state index in [2.05, 4.69) is 22.9 Å². The second kappa shape index (κ2) is 11.6. The maximum Gasteiger partial charge on any atom is 0.308 e. The number of aliphatic carboxylic acids is 1. The first-order valence-corrected chi connectivity index (χ1v) is 12.2. The lowest BCUT2D eigenvalue weighted by molar-refractivity contribution is -0.146. The molecule has 1 aliphatic rings. The van der Waals surface area contributed by atoms with Crippen molar-refractivity contribution in [3.05, 3.63) is 36.0 Å². The Labute approximate surface area is 184 Å². The summed E-state index contributed by atoms with van der Waals surface area (Å²) < 4.78 is 5.37. The third-order valence-corrected chi connectivity index (χ3v) is 7.17.